The van der Waals surface area contributed by atoms with Gasteiger partial charge in [-0.15, -0.1) is 0 Å². The van der Waals surface area contributed by atoms with E-state index in [9.17, 15) is 4.79 Å². The summed E-state index contributed by atoms with van der Waals surface area (Å²) >= 11 is 0. The number of hydrogen-bond donors (Lipinski definition) is 1. The van der Waals surface area contributed by atoms with Gasteiger partial charge >= 0.3 is 0 Å². The van der Waals surface area contributed by atoms with Gasteiger partial charge in [-0.2, -0.15) is 0 Å². The van der Waals surface area contributed by atoms with Gasteiger partial charge in [0.2, 0.25) is 5.91 Å². The molecule has 0 aliphatic heterocycles. The Hall–Kier alpha value is -0.570. The fourth-order valence-corrected chi connectivity index (χ4v) is 3.39. The first-order chi connectivity index (χ1) is 7.69. The van der Waals surface area contributed by atoms with Crippen molar-refractivity contribution in [2.75, 3.05) is 13.6 Å². The Balaban J connectivity index is 2.04. The summed E-state index contributed by atoms with van der Waals surface area (Å²) in [6.45, 7) is 0.531. The zero-order valence-corrected chi connectivity index (χ0v) is 10.4. The van der Waals surface area contributed by atoms with E-state index < -0.39 is 0 Å². The molecule has 2 saturated carbocycles. The Morgan fingerprint density at radius 1 is 1.25 bits per heavy atom. The molecule has 3 nitrogen and oxygen atoms in total. The molecule has 0 spiro atoms. The summed E-state index contributed by atoms with van der Waals surface area (Å²) < 4.78 is 0. The van der Waals surface area contributed by atoms with Gasteiger partial charge in [0.15, 0.2) is 0 Å². The molecule has 2 N–H and O–H groups in total. The van der Waals surface area contributed by atoms with E-state index in [0.29, 0.717) is 18.5 Å². The molecule has 3 heteroatoms. The smallest absolute Gasteiger partial charge is 0.230 e. The SMILES string of the molecule is CN(C(=O)C1(CN)CCCC1)C1CCCC1. The van der Waals surface area contributed by atoms with Crippen LogP contribution in [-0.2, 0) is 4.79 Å². The molecule has 0 bridgehead atoms. The Morgan fingerprint density at radius 2 is 1.81 bits per heavy atom. The molecule has 0 heterocycles. The van der Waals surface area contributed by atoms with E-state index in [0.717, 1.165) is 12.8 Å². The van der Waals surface area contributed by atoms with Crippen LogP contribution in [0, 0.1) is 5.41 Å². The highest BCUT2D eigenvalue weighted by Crippen LogP contribution is 2.39. The largest absolute Gasteiger partial charge is 0.342 e. The molecule has 0 atom stereocenters. The van der Waals surface area contributed by atoms with Crippen LogP contribution < -0.4 is 5.73 Å². The second-order valence-electron chi connectivity index (χ2n) is 5.55. The first-order valence-corrected chi connectivity index (χ1v) is 6.67. The predicted octanol–water partition coefficient (Wildman–Crippen LogP) is 1.91. The van der Waals surface area contributed by atoms with Crippen molar-refractivity contribution in [2.24, 2.45) is 11.1 Å². The van der Waals surface area contributed by atoms with E-state index in [1.54, 1.807) is 0 Å². The fourth-order valence-electron chi connectivity index (χ4n) is 3.39. The van der Waals surface area contributed by atoms with Crippen LogP contribution >= 0.6 is 0 Å². The molecule has 0 aromatic rings. The average molecular weight is 224 g/mol. The normalized spacial score (nSPS) is 24.9. The lowest BCUT2D eigenvalue weighted by Gasteiger charge is -2.34. The first-order valence-electron chi connectivity index (χ1n) is 6.67. The standard InChI is InChI=1S/C13H24N2O/c1-15(11-6-2-3-7-11)12(16)13(10-14)8-4-5-9-13/h11H,2-10,14H2,1H3. The van der Waals surface area contributed by atoms with Crippen molar-refractivity contribution in [1.29, 1.82) is 0 Å². The van der Waals surface area contributed by atoms with Crippen molar-refractivity contribution in [3.05, 3.63) is 0 Å². The van der Waals surface area contributed by atoms with Crippen molar-refractivity contribution < 1.29 is 4.79 Å². The van der Waals surface area contributed by atoms with Gasteiger partial charge < -0.3 is 10.6 Å². The van der Waals surface area contributed by atoms with Crippen LogP contribution in [0.25, 0.3) is 0 Å². The van der Waals surface area contributed by atoms with Gasteiger partial charge in [-0.3, -0.25) is 4.79 Å². The predicted molar refractivity (Wildman–Crippen MR) is 65.0 cm³/mol. The number of amides is 1. The van der Waals surface area contributed by atoms with Gasteiger partial charge in [0, 0.05) is 19.6 Å². The fraction of sp³-hybridized carbons (Fsp3) is 0.923. The zero-order valence-electron chi connectivity index (χ0n) is 10.4. The molecule has 0 saturated heterocycles. The van der Waals surface area contributed by atoms with E-state index in [4.69, 9.17) is 5.73 Å². The third kappa shape index (κ3) is 1.97. The number of nitrogens with two attached hydrogens (primary N) is 1. The summed E-state index contributed by atoms with van der Waals surface area (Å²) in [7, 11) is 1.98. The minimum absolute atomic E-state index is 0.211. The van der Waals surface area contributed by atoms with Crippen LogP contribution in [0.2, 0.25) is 0 Å². The minimum Gasteiger partial charge on any atom is -0.342 e. The maximum Gasteiger partial charge on any atom is 0.230 e. The van der Waals surface area contributed by atoms with Gasteiger partial charge in [-0.05, 0) is 25.7 Å². The Bertz CT molecular complexity index is 253. The van der Waals surface area contributed by atoms with Gasteiger partial charge in [0.25, 0.3) is 0 Å². The molecular formula is C13H24N2O. The molecule has 1 amide bonds. The maximum absolute atomic E-state index is 12.5. The van der Waals surface area contributed by atoms with Gasteiger partial charge in [0.05, 0.1) is 5.41 Å². The number of carbonyl (C=O) groups is 1. The van der Waals surface area contributed by atoms with E-state index in [1.165, 1.54) is 38.5 Å². The molecule has 2 fully saturated rings. The Labute approximate surface area is 98.4 Å². The third-order valence-electron chi connectivity index (χ3n) is 4.60. The van der Waals surface area contributed by atoms with Crippen LogP contribution in [-0.4, -0.2) is 30.4 Å². The molecule has 2 aliphatic rings. The van der Waals surface area contributed by atoms with Crippen LogP contribution in [0.4, 0.5) is 0 Å². The topological polar surface area (TPSA) is 46.3 Å². The lowest BCUT2D eigenvalue weighted by Crippen LogP contribution is -2.48. The summed E-state index contributed by atoms with van der Waals surface area (Å²) in [5, 5.41) is 0. The Kier molecular flexibility index (Phi) is 3.53. The van der Waals surface area contributed by atoms with Gasteiger partial charge in [0.1, 0.15) is 0 Å². The van der Waals surface area contributed by atoms with Crippen molar-refractivity contribution in [3.63, 3.8) is 0 Å². The highest BCUT2D eigenvalue weighted by molar-refractivity contribution is 5.83. The molecular weight excluding hydrogens is 200 g/mol. The number of hydrogen-bond acceptors (Lipinski definition) is 2. The summed E-state index contributed by atoms with van der Waals surface area (Å²) in [6.07, 6.45) is 9.25. The molecule has 0 radical (unpaired) electrons. The minimum atomic E-state index is -0.211. The second kappa shape index (κ2) is 4.74. The van der Waals surface area contributed by atoms with E-state index in [-0.39, 0.29) is 5.41 Å². The molecule has 2 aliphatic carbocycles. The Morgan fingerprint density at radius 3 is 2.31 bits per heavy atom. The zero-order chi connectivity index (χ0) is 11.6. The molecule has 2 rings (SSSR count). The third-order valence-corrected chi connectivity index (χ3v) is 4.60. The van der Waals surface area contributed by atoms with Crippen molar-refractivity contribution in [1.82, 2.24) is 4.90 Å². The van der Waals surface area contributed by atoms with E-state index in [1.807, 2.05) is 11.9 Å². The van der Waals surface area contributed by atoms with E-state index in [2.05, 4.69) is 0 Å². The van der Waals surface area contributed by atoms with Gasteiger partial charge in [-0.25, -0.2) is 0 Å². The maximum atomic E-state index is 12.5. The van der Waals surface area contributed by atoms with Gasteiger partial charge in [-0.1, -0.05) is 25.7 Å². The first kappa shape index (κ1) is 11.9. The summed E-state index contributed by atoms with van der Waals surface area (Å²) in [5.41, 5.74) is 5.65. The van der Waals surface area contributed by atoms with Crippen molar-refractivity contribution in [2.45, 2.75) is 57.4 Å². The summed E-state index contributed by atoms with van der Waals surface area (Å²) in [4.78, 5) is 14.5. The number of rotatable bonds is 3. The highest BCUT2D eigenvalue weighted by atomic mass is 16.2. The van der Waals surface area contributed by atoms with Crippen LogP contribution in [0.5, 0.6) is 0 Å². The number of carbonyl (C=O) groups excluding carboxylic acids is 1. The average Bonchev–Trinajstić information content (AvgIpc) is 2.98. The van der Waals surface area contributed by atoms with Crippen LogP contribution in [0.1, 0.15) is 51.4 Å². The molecule has 0 aromatic carbocycles. The lowest BCUT2D eigenvalue weighted by molar-refractivity contribution is -0.142. The molecule has 0 aromatic heterocycles. The molecule has 16 heavy (non-hydrogen) atoms. The van der Waals surface area contributed by atoms with Crippen LogP contribution in [0.15, 0.2) is 0 Å². The lowest BCUT2D eigenvalue weighted by atomic mass is 9.84. The van der Waals surface area contributed by atoms with Crippen molar-refractivity contribution in [3.8, 4) is 0 Å². The highest BCUT2D eigenvalue weighted by Gasteiger charge is 2.43. The van der Waals surface area contributed by atoms with Crippen molar-refractivity contribution >= 4 is 5.91 Å². The quantitative estimate of drug-likeness (QED) is 0.796. The molecule has 0 unspecified atom stereocenters. The number of nitrogens with zero attached hydrogens (tertiary/aromatic N) is 1. The monoisotopic (exact) mass is 224 g/mol. The summed E-state index contributed by atoms with van der Waals surface area (Å²) in [6, 6.07) is 0.483. The van der Waals surface area contributed by atoms with E-state index >= 15 is 0 Å². The summed E-state index contributed by atoms with van der Waals surface area (Å²) in [5.74, 6) is 0.319. The second-order valence-corrected chi connectivity index (χ2v) is 5.55. The molecule has 92 valence electrons. The van der Waals surface area contributed by atoms with Crippen LogP contribution in [0.3, 0.4) is 0 Å².